The maximum absolute atomic E-state index is 14.0. The van der Waals surface area contributed by atoms with E-state index in [1.54, 1.807) is 11.3 Å². The lowest BCUT2D eigenvalue weighted by Gasteiger charge is -2.37. The number of carbonyl (C=O) groups excluding carboxylic acids is 2. The van der Waals surface area contributed by atoms with Crippen LogP contribution in [0.5, 0.6) is 0 Å². The van der Waals surface area contributed by atoms with Crippen molar-refractivity contribution in [2.45, 2.75) is 77.4 Å². The van der Waals surface area contributed by atoms with Crippen molar-refractivity contribution in [2.24, 2.45) is 0 Å². The molecule has 0 aliphatic heterocycles. The van der Waals surface area contributed by atoms with Gasteiger partial charge in [-0.2, -0.15) is 0 Å². The van der Waals surface area contributed by atoms with Gasteiger partial charge in [-0.3, -0.25) is 9.59 Å². The number of nitrogens with zero attached hydrogens (tertiary/aromatic N) is 2. The Labute approximate surface area is 219 Å². The van der Waals surface area contributed by atoms with Crippen LogP contribution in [0.4, 0.5) is 0 Å². The van der Waals surface area contributed by atoms with Crippen molar-refractivity contribution >= 4 is 23.2 Å². The van der Waals surface area contributed by atoms with E-state index < -0.39 is 0 Å². The smallest absolute Gasteiger partial charge is 0.242 e. The van der Waals surface area contributed by atoms with Gasteiger partial charge in [0, 0.05) is 17.5 Å². The van der Waals surface area contributed by atoms with Gasteiger partial charge in [0.25, 0.3) is 0 Å². The predicted octanol–water partition coefficient (Wildman–Crippen LogP) is 6.94. The van der Waals surface area contributed by atoms with Crippen LogP contribution in [0.1, 0.15) is 72.9 Å². The number of hydrogen-bond acceptors (Lipinski definition) is 3. The fourth-order valence-corrected chi connectivity index (χ4v) is 6.16. The summed E-state index contributed by atoms with van der Waals surface area (Å²) >= 11 is 1.69. The van der Waals surface area contributed by atoms with Gasteiger partial charge in [-0.25, -0.2) is 0 Å². The van der Waals surface area contributed by atoms with Gasteiger partial charge < -0.3 is 9.80 Å². The number of rotatable bonds is 10. The zero-order valence-corrected chi connectivity index (χ0v) is 22.4. The van der Waals surface area contributed by atoms with Gasteiger partial charge in [-0.1, -0.05) is 86.8 Å². The highest BCUT2D eigenvalue weighted by Gasteiger charge is 2.33. The molecule has 2 amide bonds. The average Bonchev–Trinajstić information content (AvgIpc) is 3.33. The van der Waals surface area contributed by atoms with Crippen molar-refractivity contribution in [3.05, 3.63) is 93.7 Å². The molecule has 1 heterocycles. The van der Waals surface area contributed by atoms with Crippen molar-refractivity contribution < 1.29 is 9.59 Å². The minimum absolute atomic E-state index is 0.0218. The van der Waals surface area contributed by atoms with Crippen LogP contribution in [-0.2, 0) is 22.7 Å². The summed E-state index contributed by atoms with van der Waals surface area (Å²) in [6.45, 7) is 5.42. The summed E-state index contributed by atoms with van der Waals surface area (Å²) in [5.41, 5.74) is 3.35. The minimum atomic E-state index is -0.219. The molecule has 0 saturated heterocycles. The van der Waals surface area contributed by atoms with Crippen LogP contribution in [0, 0.1) is 6.92 Å². The fourth-order valence-electron chi connectivity index (χ4n) is 5.24. The van der Waals surface area contributed by atoms with Gasteiger partial charge in [0.1, 0.15) is 6.54 Å². The molecule has 1 saturated carbocycles. The predicted molar refractivity (Wildman–Crippen MR) is 148 cm³/mol. The molecule has 1 atom stereocenters. The second-order valence-electron chi connectivity index (χ2n) is 9.89. The molecule has 0 spiro atoms. The average molecular weight is 503 g/mol. The molecule has 4 nitrogen and oxygen atoms in total. The van der Waals surface area contributed by atoms with Crippen LogP contribution in [0.15, 0.2) is 72.1 Å². The minimum Gasteiger partial charge on any atom is -0.332 e. The van der Waals surface area contributed by atoms with E-state index in [4.69, 9.17) is 0 Å². The fraction of sp³-hybridized carbons (Fsp3) is 0.419. The molecular formula is C31H38N2O2S. The van der Waals surface area contributed by atoms with Crippen LogP contribution < -0.4 is 0 Å². The Morgan fingerprint density at radius 1 is 0.917 bits per heavy atom. The second kappa shape index (κ2) is 12.9. The van der Waals surface area contributed by atoms with E-state index in [1.807, 2.05) is 58.3 Å². The maximum atomic E-state index is 14.0. The first kappa shape index (κ1) is 26.2. The highest BCUT2D eigenvalue weighted by Crippen LogP contribution is 2.29. The molecule has 1 fully saturated rings. The lowest BCUT2D eigenvalue weighted by Crippen LogP contribution is -2.49. The third-order valence-corrected chi connectivity index (χ3v) is 8.39. The first-order valence-electron chi connectivity index (χ1n) is 13.3. The molecule has 5 heteroatoms. The molecule has 4 rings (SSSR count). The summed E-state index contributed by atoms with van der Waals surface area (Å²) in [6, 6.07) is 22.4. The van der Waals surface area contributed by atoms with Crippen molar-refractivity contribution in [3.8, 4) is 0 Å². The lowest BCUT2D eigenvalue weighted by molar-refractivity contribution is -0.144. The van der Waals surface area contributed by atoms with Crippen LogP contribution >= 0.6 is 11.3 Å². The largest absolute Gasteiger partial charge is 0.332 e. The van der Waals surface area contributed by atoms with Gasteiger partial charge >= 0.3 is 0 Å². The topological polar surface area (TPSA) is 40.6 Å². The van der Waals surface area contributed by atoms with Crippen LogP contribution in [-0.4, -0.2) is 34.2 Å². The van der Waals surface area contributed by atoms with E-state index in [0.717, 1.165) is 43.2 Å². The van der Waals surface area contributed by atoms with Crippen molar-refractivity contribution in [2.75, 3.05) is 6.54 Å². The quantitative estimate of drug-likeness (QED) is 0.301. The third kappa shape index (κ3) is 6.64. The summed E-state index contributed by atoms with van der Waals surface area (Å²) in [6.07, 6.45) is 6.13. The monoisotopic (exact) mass is 502 g/mol. The first-order chi connectivity index (χ1) is 17.6. The van der Waals surface area contributed by atoms with Crippen LogP contribution in [0.3, 0.4) is 0 Å². The van der Waals surface area contributed by atoms with Crippen LogP contribution in [0.2, 0.25) is 0 Å². The zero-order valence-electron chi connectivity index (χ0n) is 21.6. The number of benzene rings is 2. The third-order valence-electron chi connectivity index (χ3n) is 7.38. The van der Waals surface area contributed by atoms with E-state index in [-0.39, 0.29) is 30.3 Å². The van der Waals surface area contributed by atoms with Crippen molar-refractivity contribution in [1.82, 2.24) is 9.80 Å². The van der Waals surface area contributed by atoms with Crippen molar-refractivity contribution in [1.29, 1.82) is 0 Å². The Bertz CT molecular complexity index is 1110. The van der Waals surface area contributed by atoms with E-state index in [2.05, 4.69) is 37.4 Å². The number of amides is 2. The highest BCUT2D eigenvalue weighted by molar-refractivity contribution is 7.10. The van der Waals surface area contributed by atoms with E-state index >= 15 is 0 Å². The van der Waals surface area contributed by atoms with Gasteiger partial charge in [0.15, 0.2) is 0 Å². The molecule has 3 aromatic rings. The molecule has 0 bridgehead atoms. The molecule has 2 aromatic carbocycles. The van der Waals surface area contributed by atoms with Crippen molar-refractivity contribution in [3.63, 3.8) is 0 Å². The molecule has 0 radical (unpaired) electrons. The Morgan fingerprint density at radius 2 is 1.58 bits per heavy atom. The first-order valence-corrected chi connectivity index (χ1v) is 14.1. The second-order valence-corrected chi connectivity index (χ2v) is 10.9. The Kier molecular flexibility index (Phi) is 9.35. The molecule has 190 valence electrons. The van der Waals surface area contributed by atoms with Crippen LogP contribution in [0.25, 0.3) is 0 Å². The Morgan fingerprint density at radius 3 is 2.19 bits per heavy atom. The number of aryl methyl sites for hydroxylation is 1. The van der Waals surface area contributed by atoms with Gasteiger partial charge in [0.2, 0.25) is 11.8 Å². The normalized spacial score (nSPS) is 14.8. The van der Waals surface area contributed by atoms with E-state index in [9.17, 15) is 9.59 Å². The summed E-state index contributed by atoms with van der Waals surface area (Å²) < 4.78 is 0. The van der Waals surface area contributed by atoms with Gasteiger partial charge in [-0.15, -0.1) is 11.3 Å². The molecule has 1 aliphatic rings. The SMILES string of the molecule is CCC(C(=O)N(CC(=O)N(Cc1ccccc1)Cc1sccc1C)C1CCCCC1)c1ccccc1. The maximum Gasteiger partial charge on any atom is 0.242 e. The number of hydrogen-bond donors (Lipinski definition) is 0. The molecule has 1 unspecified atom stereocenters. The Hall–Kier alpha value is -2.92. The summed E-state index contributed by atoms with van der Waals surface area (Å²) in [5, 5.41) is 2.08. The van der Waals surface area contributed by atoms with Gasteiger partial charge in [0.05, 0.1) is 12.5 Å². The molecule has 0 N–H and O–H groups in total. The number of carbonyl (C=O) groups is 2. The van der Waals surface area contributed by atoms with E-state index in [1.165, 1.54) is 16.9 Å². The summed E-state index contributed by atoms with van der Waals surface area (Å²) in [5.74, 6) is -0.104. The molecule has 1 aliphatic carbocycles. The van der Waals surface area contributed by atoms with Gasteiger partial charge in [-0.05, 0) is 54.3 Å². The number of thiophene rings is 1. The molecule has 1 aromatic heterocycles. The summed E-state index contributed by atoms with van der Waals surface area (Å²) in [4.78, 5) is 33.0. The Balaban J connectivity index is 1.59. The van der Waals surface area contributed by atoms with E-state index in [0.29, 0.717) is 13.1 Å². The zero-order chi connectivity index (χ0) is 25.3. The molecule has 36 heavy (non-hydrogen) atoms. The molecular weight excluding hydrogens is 464 g/mol. The lowest BCUT2D eigenvalue weighted by atomic mass is 9.90. The standard InChI is InChI=1S/C31H38N2O2S/c1-3-28(26-15-9-5-10-16-26)31(35)33(27-17-11-6-12-18-27)23-30(34)32(21-25-13-7-4-8-14-25)22-29-24(2)19-20-36-29/h4-5,7-10,13-16,19-20,27-28H,3,6,11-12,17-18,21-23H2,1-2H3. The summed E-state index contributed by atoms with van der Waals surface area (Å²) in [7, 11) is 0. The highest BCUT2D eigenvalue weighted by atomic mass is 32.1.